The van der Waals surface area contributed by atoms with Gasteiger partial charge in [0, 0.05) is 12.2 Å². The minimum absolute atomic E-state index is 0.156. The van der Waals surface area contributed by atoms with Crippen LogP contribution in [-0.2, 0) is 14.3 Å². The number of benzene rings is 1. The predicted octanol–water partition coefficient (Wildman–Crippen LogP) is 3.10. The monoisotopic (exact) mass is 357 g/mol. The van der Waals surface area contributed by atoms with E-state index in [0.717, 1.165) is 0 Å². The van der Waals surface area contributed by atoms with Gasteiger partial charge >= 0.3 is 11.9 Å². The molecule has 1 amide bonds. The van der Waals surface area contributed by atoms with E-state index in [4.69, 9.17) is 9.84 Å². The molecular weight excluding hydrogens is 334 g/mol. The van der Waals surface area contributed by atoms with Crippen molar-refractivity contribution in [3.8, 4) is 0 Å². The van der Waals surface area contributed by atoms with Gasteiger partial charge in [0.25, 0.3) is 5.91 Å². The highest BCUT2D eigenvalue weighted by Crippen LogP contribution is 2.32. The van der Waals surface area contributed by atoms with Crippen LogP contribution in [0.15, 0.2) is 41.1 Å². The van der Waals surface area contributed by atoms with E-state index in [1.165, 1.54) is 12.1 Å². The molecule has 0 aromatic heterocycles. The van der Waals surface area contributed by atoms with Gasteiger partial charge < -0.3 is 14.7 Å². The lowest BCUT2D eigenvalue weighted by atomic mass is 10.0. The summed E-state index contributed by atoms with van der Waals surface area (Å²) in [4.78, 5) is 37.8. The molecule has 1 aliphatic heterocycles. The molecule has 2 rings (SSSR count). The molecule has 1 N–H and O–H groups in total. The Balaban J connectivity index is 2.47. The molecule has 0 saturated heterocycles. The number of aromatic carboxylic acids is 1. The van der Waals surface area contributed by atoms with Crippen molar-refractivity contribution in [1.82, 2.24) is 4.90 Å². The Labute approximate surface area is 152 Å². The molecule has 138 valence electrons. The van der Waals surface area contributed by atoms with Crippen LogP contribution >= 0.6 is 0 Å². The Morgan fingerprint density at radius 2 is 1.85 bits per heavy atom. The van der Waals surface area contributed by atoms with Crippen molar-refractivity contribution in [2.24, 2.45) is 5.92 Å². The lowest BCUT2D eigenvalue weighted by Gasteiger charge is -2.19. The highest BCUT2D eigenvalue weighted by molar-refractivity contribution is 6.16. The van der Waals surface area contributed by atoms with Crippen LogP contribution in [0.4, 0.5) is 0 Å². The average Bonchev–Trinajstić information content (AvgIpc) is 2.79. The molecule has 6 heteroatoms. The number of allylic oxidation sites excluding steroid dienone is 1. The fraction of sp³-hybridized carbons (Fsp3) is 0.350. The Morgan fingerprint density at radius 1 is 1.23 bits per heavy atom. The summed E-state index contributed by atoms with van der Waals surface area (Å²) in [5, 5.41) is 8.98. The van der Waals surface area contributed by atoms with Gasteiger partial charge in [-0.3, -0.25) is 4.79 Å². The largest absolute Gasteiger partial charge is 0.478 e. The maximum absolute atomic E-state index is 12.9. The zero-order valence-electron chi connectivity index (χ0n) is 15.4. The highest BCUT2D eigenvalue weighted by atomic mass is 16.5. The molecule has 1 heterocycles. The Kier molecular flexibility index (Phi) is 5.97. The quantitative estimate of drug-likeness (QED) is 0.625. The fourth-order valence-electron chi connectivity index (χ4n) is 2.80. The summed E-state index contributed by atoms with van der Waals surface area (Å²) < 4.78 is 5.12. The van der Waals surface area contributed by atoms with Crippen molar-refractivity contribution in [3.63, 3.8) is 0 Å². The minimum atomic E-state index is -1.02. The van der Waals surface area contributed by atoms with Crippen molar-refractivity contribution in [2.45, 2.75) is 27.7 Å². The topological polar surface area (TPSA) is 83.9 Å². The Morgan fingerprint density at radius 3 is 2.35 bits per heavy atom. The predicted molar refractivity (Wildman–Crippen MR) is 97.3 cm³/mol. The molecule has 0 radical (unpaired) electrons. The van der Waals surface area contributed by atoms with E-state index < -0.39 is 11.9 Å². The molecule has 1 aliphatic rings. The average molecular weight is 357 g/mol. The number of hydrogen-bond donors (Lipinski definition) is 1. The normalized spacial score (nSPS) is 16.0. The number of amides is 1. The van der Waals surface area contributed by atoms with Gasteiger partial charge in [-0.1, -0.05) is 26.0 Å². The number of ether oxygens (including phenoxy) is 1. The van der Waals surface area contributed by atoms with Crippen molar-refractivity contribution < 1.29 is 24.2 Å². The SMILES string of the molecule is CCOC(=O)C1=C(C)N(CC(C)C)C(=O)C1=Cc1ccc(C(=O)O)cc1. The van der Waals surface area contributed by atoms with Crippen LogP contribution in [-0.4, -0.2) is 41.0 Å². The van der Waals surface area contributed by atoms with E-state index in [2.05, 4.69) is 0 Å². The van der Waals surface area contributed by atoms with E-state index >= 15 is 0 Å². The lowest BCUT2D eigenvalue weighted by Crippen LogP contribution is -2.28. The maximum atomic E-state index is 12.9. The van der Waals surface area contributed by atoms with Gasteiger partial charge in [-0.15, -0.1) is 0 Å². The third kappa shape index (κ3) is 4.02. The number of hydrogen-bond acceptors (Lipinski definition) is 4. The van der Waals surface area contributed by atoms with E-state index in [-0.39, 0.29) is 35.1 Å². The van der Waals surface area contributed by atoms with Crippen LogP contribution in [0, 0.1) is 5.92 Å². The van der Waals surface area contributed by atoms with Gasteiger partial charge in [-0.05, 0) is 43.5 Å². The van der Waals surface area contributed by atoms with E-state index in [1.54, 1.807) is 37.0 Å². The fourth-order valence-corrected chi connectivity index (χ4v) is 2.80. The third-order valence-corrected chi connectivity index (χ3v) is 4.01. The number of carbonyl (C=O) groups excluding carboxylic acids is 2. The summed E-state index contributed by atoms with van der Waals surface area (Å²) in [5.74, 6) is -1.56. The summed E-state index contributed by atoms with van der Waals surface area (Å²) >= 11 is 0. The molecule has 0 saturated carbocycles. The second-order valence-electron chi connectivity index (χ2n) is 6.48. The molecular formula is C20H23NO5. The second-order valence-corrected chi connectivity index (χ2v) is 6.48. The van der Waals surface area contributed by atoms with Gasteiger partial charge in [0.1, 0.15) is 0 Å². The van der Waals surface area contributed by atoms with Crippen LogP contribution in [0.3, 0.4) is 0 Å². The van der Waals surface area contributed by atoms with Crippen LogP contribution < -0.4 is 0 Å². The van der Waals surface area contributed by atoms with Crippen LogP contribution in [0.2, 0.25) is 0 Å². The van der Waals surface area contributed by atoms with Crippen molar-refractivity contribution in [2.75, 3.05) is 13.2 Å². The number of esters is 1. The van der Waals surface area contributed by atoms with Gasteiger partial charge in [0.2, 0.25) is 0 Å². The first-order valence-electron chi connectivity index (χ1n) is 8.51. The Hall–Kier alpha value is -2.89. The first kappa shape index (κ1) is 19.4. The van der Waals surface area contributed by atoms with Crippen molar-refractivity contribution in [1.29, 1.82) is 0 Å². The standard InChI is InChI=1S/C20H23NO5/c1-5-26-20(25)17-13(4)21(11-12(2)3)18(22)16(17)10-14-6-8-15(9-7-14)19(23)24/h6-10,12H,5,11H2,1-4H3,(H,23,24). The number of rotatable bonds is 6. The maximum Gasteiger partial charge on any atom is 0.340 e. The summed E-state index contributed by atoms with van der Waals surface area (Å²) in [6.45, 7) is 8.16. The van der Waals surface area contributed by atoms with E-state index in [9.17, 15) is 14.4 Å². The molecule has 0 unspecified atom stereocenters. The smallest absolute Gasteiger partial charge is 0.340 e. The van der Waals surface area contributed by atoms with Crippen LogP contribution in [0.5, 0.6) is 0 Å². The van der Waals surface area contributed by atoms with Gasteiger partial charge in [0.15, 0.2) is 0 Å². The molecule has 0 aliphatic carbocycles. The molecule has 0 atom stereocenters. The van der Waals surface area contributed by atoms with E-state index in [1.807, 2.05) is 13.8 Å². The van der Waals surface area contributed by atoms with Gasteiger partial charge in [-0.25, -0.2) is 9.59 Å². The zero-order valence-corrected chi connectivity index (χ0v) is 15.4. The molecule has 1 aromatic carbocycles. The first-order chi connectivity index (χ1) is 12.3. The first-order valence-corrected chi connectivity index (χ1v) is 8.51. The van der Waals surface area contributed by atoms with Gasteiger partial charge in [-0.2, -0.15) is 0 Å². The Bertz CT molecular complexity index is 787. The second kappa shape index (κ2) is 7.99. The third-order valence-electron chi connectivity index (χ3n) is 4.01. The summed E-state index contributed by atoms with van der Waals surface area (Å²) in [6, 6.07) is 6.13. The van der Waals surface area contributed by atoms with Crippen molar-refractivity contribution >= 4 is 23.9 Å². The zero-order chi connectivity index (χ0) is 19.4. The molecule has 26 heavy (non-hydrogen) atoms. The van der Waals surface area contributed by atoms with Crippen LogP contribution in [0.25, 0.3) is 6.08 Å². The number of carbonyl (C=O) groups is 3. The number of carboxylic acids is 1. The summed E-state index contributed by atoms with van der Waals surface area (Å²) in [6.07, 6.45) is 1.60. The number of nitrogens with zero attached hydrogens (tertiary/aromatic N) is 1. The van der Waals surface area contributed by atoms with Crippen molar-refractivity contribution in [3.05, 3.63) is 52.2 Å². The minimum Gasteiger partial charge on any atom is -0.478 e. The molecule has 0 bridgehead atoms. The van der Waals surface area contributed by atoms with Crippen LogP contribution in [0.1, 0.15) is 43.6 Å². The summed E-state index contributed by atoms with van der Waals surface area (Å²) in [5.41, 5.74) is 1.91. The van der Waals surface area contributed by atoms with E-state index in [0.29, 0.717) is 17.8 Å². The lowest BCUT2D eigenvalue weighted by molar-refractivity contribution is -0.138. The van der Waals surface area contributed by atoms with Gasteiger partial charge in [0.05, 0.1) is 23.3 Å². The molecule has 0 spiro atoms. The molecule has 1 aromatic rings. The summed E-state index contributed by atoms with van der Waals surface area (Å²) in [7, 11) is 0. The highest BCUT2D eigenvalue weighted by Gasteiger charge is 2.37. The molecule has 6 nitrogen and oxygen atoms in total. The molecule has 0 fully saturated rings. The number of carboxylic acid groups (broad SMARTS) is 1.